The molecule has 0 atom stereocenters. The van der Waals surface area contributed by atoms with Crippen LogP contribution in [0.5, 0.6) is 0 Å². The van der Waals surface area contributed by atoms with E-state index in [9.17, 15) is 0 Å². The first-order valence-electron chi connectivity index (χ1n) is 9.55. The topological polar surface area (TPSA) is 77.5 Å². The number of tetrazole rings is 1. The number of hydrogen-bond donors (Lipinski definition) is 0. The van der Waals surface area contributed by atoms with Crippen LogP contribution in [0, 0.1) is 0 Å². The van der Waals surface area contributed by atoms with E-state index in [1.807, 2.05) is 30.3 Å². The molecular formula is C18H22N8S. The molecule has 8 nitrogen and oxygen atoms in total. The summed E-state index contributed by atoms with van der Waals surface area (Å²) in [5.74, 6) is 2.52. The van der Waals surface area contributed by atoms with Crippen LogP contribution in [-0.4, -0.2) is 48.1 Å². The van der Waals surface area contributed by atoms with Gasteiger partial charge in [0.1, 0.15) is 0 Å². The second kappa shape index (κ2) is 7.30. The lowest BCUT2D eigenvalue weighted by Crippen LogP contribution is -2.31. The zero-order valence-electron chi connectivity index (χ0n) is 15.1. The van der Waals surface area contributed by atoms with E-state index < -0.39 is 0 Å². The molecule has 1 aliphatic heterocycles. The minimum Gasteiger partial charge on any atom is -0.341 e. The van der Waals surface area contributed by atoms with Crippen molar-refractivity contribution >= 4 is 17.7 Å². The Morgan fingerprint density at radius 3 is 2.56 bits per heavy atom. The molecule has 2 aliphatic rings. The summed E-state index contributed by atoms with van der Waals surface area (Å²) in [7, 11) is 0. The zero-order valence-corrected chi connectivity index (χ0v) is 15.9. The number of hydrogen-bond acceptors (Lipinski definition) is 7. The fourth-order valence-corrected chi connectivity index (χ4v) is 4.43. The molecule has 0 spiro atoms. The van der Waals surface area contributed by atoms with Crippen LogP contribution in [0.2, 0.25) is 0 Å². The van der Waals surface area contributed by atoms with E-state index >= 15 is 0 Å². The van der Waals surface area contributed by atoms with E-state index in [1.165, 1.54) is 32.1 Å². The highest BCUT2D eigenvalue weighted by Gasteiger charge is 2.32. The van der Waals surface area contributed by atoms with Gasteiger partial charge in [-0.2, -0.15) is 4.68 Å². The van der Waals surface area contributed by atoms with E-state index in [-0.39, 0.29) is 0 Å². The first-order chi connectivity index (χ1) is 13.4. The number of thioether (sulfide) groups is 1. The second-order valence-corrected chi connectivity index (χ2v) is 8.01. The van der Waals surface area contributed by atoms with Gasteiger partial charge in [0.15, 0.2) is 11.0 Å². The predicted molar refractivity (Wildman–Crippen MR) is 103 cm³/mol. The smallest absolute Gasteiger partial charge is 0.228 e. The van der Waals surface area contributed by atoms with E-state index in [2.05, 4.69) is 35.2 Å². The Morgan fingerprint density at radius 1 is 0.963 bits per heavy atom. The van der Waals surface area contributed by atoms with Crippen molar-refractivity contribution in [2.24, 2.45) is 0 Å². The van der Waals surface area contributed by atoms with Crippen molar-refractivity contribution in [2.75, 3.05) is 18.0 Å². The molecule has 3 heterocycles. The standard InChI is InChI=1S/C18H22N8S/c1-3-7-15(8-4-1)26-16(19-22-23-26)13-27-18-21-20-17(25(18)14-9-10-14)24-11-5-2-6-12-24/h1,3-4,7-8,14H,2,5-6,9-13H2. The summed E-state index contributed by atoms with van der Waals surface area (Å²) in [6, 6.07) is 10.5. The molecule has 9 heteroatoms. The molecule has 1 saturated heterocycles. The van der Waals surface area contributed by atoms with Crippen LogP contribution in [0.4, 0.5) is 5.95 Å². The van der Waals surface area contributed by atoms with Gasteiger partial charge >= 0.3 is 0 Å². The highest BCUT2D eigenvalue weighted by Crippen LogP contribution is 2.41. The lowest BCUT2D eigenvalue weighted by atomic mass is 10.1. The third kappa shape index (κ3) is 3.43. The molecule has 0 unspecified atom stereocenters. The summed E-state index contributed by atoms with van der Waals surface area (Å²) in [5, 5.41) is 22.2. The Hall–Kier alpha value is -2.42. The highest BCUT2D eigenvalue weighted by atomic mass is 32.2. The first kappa shape index (κ1) is 16.7. The van der Waals surface area contributed by atoms with Gasteiger partial charge < -0.3 is 4.90 Å². The van der Waals surface area contributed by atoms with Crippen molar-refractivity contribution < 1.29 is 0 Å². The molecule has 140 valence electrons. The molecule has 1 aliphatic carbocycles. The third-order valence-electron chi connectivity index (χ3n) is 5.06. The summed E-state index contributed by atoms with van der Waals surface area (Å²) in [5.41, 5.74) is 0.968. The van der Waals surface area contributed by atoms with Crippen LogP contribution in [-0.2, 0) is 5.75 Å². The molecule has 1 aromatic carbocycles. The fraction of sp³-hybridized carbons (Fsp3) is 0.500. The third-order valence-corrected chi connectivity index (χ3v) is 6.00. The van der Waals surface area contributed by atoms with E-state index in [4.69, 9.17) is 0 Å². The van der Waals surface area contributed by atoms with E-state index in [1.54, 1.807) is 16.4 Å². The van der Waals surface area contributed by atoms with Crippen molar-refractivity contribution in [1.82, 2.24) is 35.0 Å². The molecule has 0 bridgehead atoms. The number of benzene rings is 1. The molecule has 2 fully saturated rings. The number of nitrogens with zero attached hydrogens (tertiary/aromatic N) is 8. The molecular weight excluding hydrogens is 360 g/mol. The molecule has 2 aromatic heterocycles. The van der Waals surface area contributed by atoms with Crippen LogP contribution < -0.4 is 4.90 Å². The van der Waals surface area contributed by atoms with Crippen LogP contribution in [0.25, 0.3) is 5.69 Å². The Kier molecular flexibility index (Phi) is 4.52. The van der Waals surface area contributed by atoms with Gasteiger partial charge in [0.25, 0.3) is 0 Å². The first-order valence-corrected chi connectivity index (χ1v) is 10.5. The van der Waals surface area contributed by atoms with Gasteiger partial charge in [-0.3, -0.25) is 4.57 Å². The number of anilines is 1. The van der Waals surface area contributed by atoms with Crippen molar-refractivity contribution in [3.8, 4) is 5.69 Å². The van der Waals surface area contributed by atoms with Gasteiger partial charge in [-0.1, -0.05) is 30.0 Å². The predicted octanol–water partition coefficient (Wildman–Crippen LogP) is 2.87. The van der Waals surface area contributed by atoms with Crippen molar-refractivity contribution in [2.45, 2.75) is 49.1 Å². The molecule has 0 amide bonds. The molecule has 0 N–H and O–H groups in total. The number of rotatable bonds is 6. The number of para-hydroxylation sites is 1. The van der Waals surface area contributed by atoms with Crippen LogP contribution in [0.3, 0.4) is 0 Å². The average molecular weight is 382 g/mol. The Balaban J connectivity index is 1.36. The summed E-state index contributed by atoms with van der Waals surface area (Å²) in [6.45, 7) is 2.17. The van der Waals surface area contributed by atoms with Crippen LogP contribution in [0.1, 0.15) is 44.0 Å². The molecule has 1 saturated carbocycles. The molecule has 3 aromatic rings. The van der Waals surface area contributed by atoms with Crippen molar-refractivity contribution in [1.29, 1.82) is 0 Å². The maximum Gasteiger partial charge on any atom is 0.228 e. The number of aromatic nitrogens is 7. The number of piperidine rings is 1. The summed E-state index contributed by atoms with van der Waals surface area (Å²) >= 11 is 1.67. The quantitative estimate of drug-likeness (QED) is 0.607. The van der Waals surface area contributed by atoms with Crippen LogP contribution in [0.15, 0.2) is 35.5 Å². The van der Waals surface area contributed by atoms with E-state index in [0.29, 0.717) is 11.8 Å². The minimum absolute atomic E-state index is 0.546. The van der Waals surface area contributed by atoms with Gasteiger partial charge in [-0.05, 0) is 54.7 Å². The molecule has 27 heavy (non-hydrogen) atoms. The van der Waals surface area contributed by atoms with Crippen LogP contribution >= 0.6 is 11.8 Å². The van der Waals surface area contributed by atoms with Gasteiger partial charge in [-0.25, -0.2) is 0 Å². The van der Waals surface area contributed by atoms with Gasteiger partial charge in [0.2, 0.25) is 5.95 Å². The lowest BCUT2D eigenvalue weighted by Gasteiger charge is -2.27. The highest BCUT2D eigenvalue weighted by molar-refractivity contribution is 7.98. The normalized spacial score (nSPS) is 17.4. The Bertz CT molecular complexity index is 895. The second-order valence-electron chi connectivity index (χ2n) is 7.06. The lowest BCUT2D eigenvalue weighted by molar-refractivity contribution is 0.548. The van der Waals surface area contributed by atoms with Gasteiger partial charge in [0, 0.05) is 19.1 Å². The van der Waals surface area contributed by atoms with Gasteiger partial charge in [0.05, 0.1) is 11.4 Å². The molecule has 0 radical (unpaired) electrons. The van der Waals surface area contributed by atoms with E-state index in [0.717, 1.165) is 35.7 Å². The SMILES string of the molecule is c1ccc(-n2nnnc2CSc2nnc(N3CCCCC3)n2C2CC2)cc1. The minimum atomic E-state index is 0.546. The Morgan fingerprint density at radius 2 is 1.78 bits per heavy atom. The zero-order chi connectivity index (χ0) is 18.1. The Labute approximate surface area is 162 Å². The van der Waals surface area contributed by atoms with Crippen molar-refractivity contribution in [3.63, 3.8) is 0 Å². The maximum atomic E-state index is 4.54. The van der Waals surface area contributed by atoms with Crippen molar-refractivity contribution in [3.05, 3.63) is 36.2 Å². The average Bonchev–Trinajstić information content (AvgIpc) is 3.30. The summed E-state index contributed by atoms with van der Waals surface area (Å²) in [4.78, 5) is 2.40. The maximum absolute atomic E-state index is 4.54. The summed E-state index contributed by atoms with van der Waals surface area (Å²) < 4.78 is 4.13. The van der Waals surface area contributed by atoms with Gasteiger partial charge in [-0.15, -0.1) is 15.3 Å². The fourth-order valence-electron chi connectivity index (χ4n) is 3.52. The molecule has 5 rings (SSSR count). The largest absolute Gasteiger partial charge is 0.341 e. The summed E-state index contributed by atoms with van der Waals surface area (Å²) in [6.07, 6.45) is 6.23. The monoisotopic (exact) mass is 382 g/mol.